The normalized spacial score (nSPS) is 14.2. The molecular weight excluding hydrogens is 421 g/mol. The maximum absolute atomic E-state index is 12.2. The van der Waals surface area contributed by atoms with Crippen LogP contribution in [0.15, 0.2) is 48.5 Å². The van der Waals surface area contributed by atoms with E-state index in [4.69, 9.17) is 23.2 Å². The van der Waals surface area contributed by atoms with Gasteiger partial charge < -0.3 is 15.1 Å². The number of benzene rings is 2. The highest BCUT2D eigenvalue weighted by molar-refractivity contribution is 6.35. The van der Waals surface area contributed by atoms with Gasteiger partial charge in [-0.05, 0) is 54.5 Å². The monoisotopic (exact) mass is 445 g/mol. The van der Waals surface area contributed by atoms with E-state index in [0.717, 1.165) is 43.9 Å². The average molecular weight is 446 g/mol. The maximum atomic E-state index is 12.2. The van der Waals surface area contributed by atoms with Gasteiger partial charge in [0.25, 0.3) is 0 Å². The highest BCUT2D eigenvalue weighted by Gasteiger charge is 2.20. The zero-order chi connectivity index (χ0) is 21.5. The fraction of sp³-hybridized carbons (Fsp3) is 0.304. The van der Waals surface area contributed by atoms with Crippen molar-refractivity contribution in [2.75, 3.05) is 36.4 Å². The molecule has 2 aromatic carbocycles. The van der Waals surface area contributed by atoms with Crippen molar-refractivity contribution in [3.05, 3.63) is 64.1 Å². The Kier molecular flexibility index (Phi) is 7.77. The molecule has 1 aliphatic heterocycles. The van der Waals surface area contributed by atoms with Crippen molar-refractivity contribution in [2.24, 2.45) is 0 Å². The van der Waals surface area contributed by atoms with E-state index in [1.165, 1.54) is 6.08 Å². The van der Waals surface area contributed by atoms with E-state index < -0.39 is 0 Å². The van der Waals surface area contributed by atoms with Crippen LogP contribution in [-0.4, -0.2) is 42.9 Å². The fourth-order valence-corrected chi connectivity index (χ4v) is 3.80. The predicted octanol–water partition coefficient (Wildman–Crippen LogP) is 5.09. The largest absolute Gasteiger partial charge is 0.368 e. The van der Waals surface area contributed by atoms with E-state index in [1.54, 1.807) is 24.3 Å². The third-order valence-corrected chi connectivity index (χ3v) is 5.54. The minimum Gasteiger partial charge on any atom is -0.368 e. The topological polar surface area (TPSA) is 52.7 Å². The quantitative estimate of drug-likeness (QED) is 0.629. The average Bonchev–Trinajstić information content (AvgIpc) is 2.74. The van der Waals surface area contributed by atoms with Gasteiger partial charge in [0, 0.05) is 60.1 Å². The maximum Gasteiger partial charge on any atom is 0.248 e. The second kappa shape index (κ2) is 10.5. The van der Waals surface area contributed by atoms with Crippen LogP contribution in [0.1, 0.15) is 25.3 Å². The third-order valence-electron chi connectivity index (χ3n) is 4.97. The summed E-state index contributed by atoms with van der Waals surface area (Å²) in [5.74, 6) is -0.0000275. The zero-order valence-corrected chi connectivity index (χ0v) is 18.4. The second-order valence-corrected chi connectivity index (χ2v) is 8.00. The Morgan fingerprint density at radius 3 is 2.37 bits per heavy atom. The Balaban J connectivity index is 1.53. The van der Waals surface area contributed by atoms with E-state index in [2.05, 4.69) is 10.2 Å². The van der Waals surface area contributed by atoms with Crippen LogP contribution in [0, 0.1) is 0 Å². The molecule has 1 fully saturated rings. The minimum atomic E-state index is -0.239. The molecule has 30 heavy (non-hydrogen) atoms. The first-order chi connectivity index (χ1) is 14.5. The standard InChI is InChI=1S/C23H25Cl2N3O2/c1-2-3-23(30)28-14-12-27(13-15-28)20-9-7-19(8-10-20)26-22(29)11-5-17-4-6-18(24)16-21(17)25/h4-11,16H,2-3,12-15H2,1H3,(H,26,29)/b11-5+. The van der Waals surface area contributed by atoms with Crippen molar-refractivity contribution < 1.29 is 9.59 Å². The summed E-state index contributed by atoms with van der Waals surface area (Å²) in [4.78, 5) is 28.4. The number of halogens is 2. The van der Waals surface area contributed by atoms with E-state index in [0.29, 0.717) is 22.2 Å². The van der Waals surface area contributed by atoms with Crippen LogP contribution in [0.4, 0.5) is 11.4 Å². The summed E-state index contributed by atoms with van der Waals surface area (Å²) >= 11 is 12.0. The van der Waals surface area contributed by atoms with Crippen LogP contribution < -0.4 is 10.2 Å². The van der Waals surface area contributed by atoms with E-state index >= 15 is 0 Å². The number of piperazine rings is 1. The number of carbonyl (C=O) groups is 2. The smallest absolute Gasteiger partial charge is 0.248 e. The first-order valence-electron chi connectivity index (χ1n) is 10.0. The molecule has 1 saturated heterocycles. The minimum absolute atomic E-state index is 0.239. The Morgan fingerprint density at radius 1 is 1.03 bits per heavy atom. The molecule has 0 bridgehead atoms. The van der Waals surface area contributed by atoms with Crippen LogP contribution in [-0.2, 0) is 9.59 Å². The lowest BCUT2D eigenvalue weighted by Gasteiger charge is -2.36. The summed E-state index contributed by atoms with van der Waals surface area (Å²) in [6.07, 6.45) is 4.60. The fourth-order valence-electron chi connectivity index (χ4n) is 3.33. The van der Waals surface area contributed by atoms with Gasteiger partial charge in [-0.2, -0.15) is 0 Å². The molecule has 2 aromatic rings. The van der Waals surface area contributed by atoms with Gasteiger partial charge in [-0.1, -0.05) is 36.2 Å². The van der Waals surface area contributed by atoms with Gasteiger partial charge >= 0.3 is 0 Å². The molecule has 1 heterocycles. The Labute approximate surface area is 187 Å². The van der Waals surface area contributed by atoms with Crippen LogP contribution >= 0.6 is 23.2 Å². The molecule has 0 radical (unpaired) electrons. The van der Waals surface area contributed by atoms with Gasteiger partial charge in [0.1, 0.15) is 0 Å². The number of rotatable bonds is 6. The molecule has 5 nitrogen and oxygen atoms in total. The summed E-state index contributed by atoms with van der Waals surface area (Å²) in [6.45, 7) is 5.14. The second-order valence-electron chi connectivity index (χ2n) is 7.15. The van der Waals surface area contributed by atoms with Crippen molar-refractivity contribution in [1.29, 1.82) is 0 Å². The van der Waals surface area contributed by atoms with Crippen LogP contribution in [0.2, 0.25) is 10.0 Å². The molecule has 7 heteroatoms. The summed E-state index contributed by atoms with van der Waals surface area (Å²) in [6, 6.07) is 12.9. The highest BCUT2D eigenvalue weighted by Crippen LogP contribution is 2.23. The van der Waals surface area contributed by atoms with Crippen molar-refractivity contribution in [3.63, 3.8) is 0 Å². The number of nitrogens with one attached hydrogen (secondary N) is 1. The van der Waals surface area contributed by atoms with Crippen molar-refractivity contribution >= 4 is 52.5 Å². The molecule has 0 saturated carbocycles. The van der Waals surface area contributed by atoms with Gasteiger partial charge in [-0.3, -0.25) is 9.59 Å². The van der Waals surface area contributed by atoms with Gasteiger partial charge in [0.05, 0.1) is 0 Å². The SMILES string of the molecule is CCCC(=O)N1CCN(c2ccc(NC(=O)/C=C/c3ccc(Cl)cc3Cl)cc2)CC1. The lowest BCUT2D eigenvalue weighted by Crippen LogP contribution is -2.48. The Bertz CT molecular complexity index is 921. The third kappa shape index (κ3) is 6.00. The zero-order valence-electron chi connectivity index (χ0n) is 16.9. The number of amides is 2. The van der Waals surface area contributed by atoms with E-state index in [-0.39, 0.29) is 11.8 Å². The molecular formula is C23H25Cl2N3O2. The van der Waals surface area contributed by atoms with Crippen molar-refractivity contribution in [2.45, 2.75) is 19.8 Å². The lowest BCUT2D eigenvalue weighted by molar-refractivity contribution is -0.131. The molecule has 1 aliphatic rings. The van der Waals surface area contributed by atoms with Gasteiger partial charge in [-0.25, -0.2) is 0 Å². The molecule has 0 aromatic heterocycles. The number of anilines is 2. The molecule has 2 amide bonds. The molecule has 0 aliphatic carbocycles. The van der Waals surface area contributed by atoms with E-state index in [1.807, 2.05) is 36.1 Å². The molecule has 3 rings (SSSR count). The first-order valence-corrected chi connectivity index (χ1v) is 10.8. The molecule has 0 atom stereocenters. The van der Waals surface area contributed by atoms with Gasteiger partial charge in [0.15, 0.2) is 0 Å². The Morgan fingerprint density at radius 2 is 1.73 bits per heavy atom. The number of hydrogen-bond donors (Lipinski definition) is 1. The van der Waals surface area contributed by atoms with Crippen molar-refractivity contribution in [1.82, 2.24) is 4.90 Å². The van der Waals surface area contributed by atoms with Crippen molar-refractivity contribution in [3.8, 4) is 0 Å². The molecule has 0 unspecified atom stereocenters. The molecule has 158 valence electrons. The number of hydrogen-bond acceptors (Lipinski definition) is 3. The lowest BCUT2D eigenvalue weighted by atomic mass is 10.2. The first kappa shape index (κ1) is 22.2. The predicted molar refractivity (Wildman–Crippen MR) is 124 cm³/mol. The number of nitrogens with zero attached hydrogens (tertiary/aromatic N) is 2. The van der Waals surface area contributed by atoms with Gasteiger partial charge in [-0.15, -0.1) is 0 Å². The summed E-state index contributed by atoms with van der Waals surface area (Å²) in [5.41, 5.74) is 2.52. The van der Waals surface area contributed by atoms with Gasteiger partial charge in [0.2, 0.25) is 11.8 Å². The summed E-state index contributed by atoms with van der Waals surface area (Å²) in [7, 11) is 0. The molecule has 0 spiro atoms. The highest BCUT2D eigenvalue weighted by atomic mass is 35.5. The Hall–Kier alpha value is -2.50. The molecule has 1 N–H and O–H groups in total. The summed E-state index contributed by atoms with van der Waals surface area (Å²) in [5, 5.41) is 3.89. The van der Waals surface area contributed by atoms with Crippen LogP contribution in [0.3, 0.4) is 0 Å². The van der Waals surface area contributed by atoms with Crippen LogP contribution in [0.5, 0.6) is 0 Å². The van der Waals surface area contributed by atoms with E-state index in [9.17, 15) is 9.59 Å². The summed E-state index contributed by atoms with van der Waals surface area (Å²) < 4.78 is 0. The number of carbonyl (C=O) groups excluding carboxylic acids is 2. The van der Waals surface area contributed by atoms with Crippen LogP contribution in [0.25, 0.3) is 6.08 Å².